The van der Waals surface area contributed by atoms with Crippen molar-refractivity contribution in [3.05, 3.63) is 100 Å². The smallest absolute Gasteiger partial charge is 0.244 e. The third-order valence-electron chi connectivity index (χ3n) is 6.16. The number of nitrogens with zero attached hydrogens (tertiary/aromatic N) is 2. The van der Waals surface area contributed by atoms with Crippen LogP contribution in [0.5, 0.6) is 0 Å². The van der Waals surface area contributed by atoms with E-state index in [4.69, 9.17) is 11.6 Å². The fourth-order valence-corrected chi connectivity index (χ4v) is 5.25. The van der Waals surface area contributed by atoms with Crippen molar-refractivity contribution in [3.8, 4) is 0 Å². The lowest BCUT2D eigenvalue weighted by Crippen LogP contribution is -2.54. The van der Waals surface area contributed by atoms with Crippen LogP contribution in [0.4, 0.5) is 10.1 Å². The molecule has 0 aliphatic carbocycles. The van der Waals surface area contributed by atoms with E-state index < -0.39 is 34.3 Å². The number of hydrogen-bond donors (Lipinski definition) is 1. The Morgan fingerprint density at radius 2 is 1.59 bits per heavy atom. The topological polar surface area (TPSA) is 86.8 Å². The molecule has 0 heterocycles. The van der Waals surface area contributed by atoms with Gasteiger partial charge in [-0.25, -0.2) is 12.8 Å². The van der Waals surface area contributed by atoms with Crippen molar-refractivity contribution < 1.29 is 22.4 Å². The molecular formula is C29H33ClFN3O4S. The summed E-state index contributed by atoms with van der Waals surface area (Å²) in [5, 5.41) is 3.24. The number of rotatable bonds is 11. The van der Waals surface area contributed by atoms with Gasteiger partial charge in [0.15, 0.2) is 0 Å². The van der Waals surface area contributed by atoms with Gasteiger partial charge >= 0.3 is 0 Å². The van der Waals surface area contributed by atoms with Crippen LogP contribution in [0.3, 0.4) is 0 Å². The monoisotopic (exact) mass is 573 g/mol. The van der Waals surface area contributed by atoms with E-state index in [0.717, 1.165) is 16.1 Å². The molecule has 10 heteroatoms. The molecule has 2 amide bonds. The SMILES string of the molecule is Cc1c(Cl)cccc1N(CC(=O)N(Cc1ccc(F)cc1)[C@H](Cc1ccccc1)C(=O)NC(C)C)S(C)(=O)=O. The molecule has 3 rings (SSSR count). The number of sulfonamides is 1. The van der Waals surface area contributed by atoms with Crippen LogP contribution in [-0.4, -0.2) is 50.0 Å². The molecule has 0 aromatic heterocycles. The van der Waals surface area contributed by atoms with Crippen LogP contribution >= 0.6 is 11.6 Å². The molecule has 3 aromatic rings. The highest BCUT2D eigenvalue weighted by atomic mass is 35.5. The molecule has 0 fully saturated rings. The van der Waals surface area contributed by atoms with Gasteiger partial charge in [-0.1, -0.05) is 60.1 Å². The predicted molar refractivity (Wildman–Crippen MR) is 153 cm³/mol. The molecule has 0 aliphatic heterocycles. The highest BCUT2D eigenvalue weighted by Crippen LogP contribution is 2.28. The maximum atomic E-state index is 14.0. The van der Waals surface area contributed by atoms with Crippen molar-refractivity contribution >= 4 is 39.1 Å². The molecule has 0 saturated heterocycles. The fourth-order valence-electron chi connectivity index (χ4n) is 4.18. The van der Waals surface area contributed by atoms with Gasteiger partial charge in [0, 0.05) is 24.0 Å². The van der Waals surface area contributed by atoms with Crippen LogP contribution in [0, 0.1) is 12.7 Å². The summed E-state index contributed by atoms with van der Waals surface area (Å²) >= 11 is 6.26. The number of hydrogen-bond acceptors (Lipinski definition) is 4. The zero-order valence-corrected chi connectivity index (χ0v) is 24.0. The minimum Gasteiger partial charge on any atom is -0.352 e. The quantitative estimate of drug-likeness (QED) is 0.360. The minimum atomic E-state index is -3.91. The van der Waals surface area contributed by atoms with Gasteiger partial charge in [-0.3, -0.25) is 13.9 Å². The number of carbonyl (C=O) groups is 2. The maximum absolute atomic E-state index is 14.0. The summed E-state index contributed by atoms with van der Waals surface area (Å²) in [6, 6.07) is 18.5. The zero-order valence-electron chi connectivity index (χ0n) is 22.4. The predicted octanol–water partition coefficient (Wildman–Crippen LogP) is 4.72. The normalized spacial score (nSPS) is 12.2. The summed E-state index contributed by atoms with van der Waals surface area (Å²) in [5.74, 6) is -1.41. The molecule has 0 unspecified atom stereocenters. The molecule has 39 heavy (non-hydrogen) atoms. The molecule has 0 spiro atoms. The molecule has 0 saturated carbocycles. The van der Waals surface area contributed by atoms with E-state index in [1.807, 2.05) is 44.2 Å². The number of halogens is 2. The highest BCUT2D eigenvalue weighted by molar-refractivity contribution is 7.92. The molecular weight excluding hydrogens is 541 g/mol. The van der Waals surface area contributed by atoms with Crippen LogP contribution in [0.25, 0.3) is 0 Å². The van der Waals surface area contributed by atoms with Crippen LogP contribution in [0.15, 0.2) is 72.8 Å². The summed E-state index contributed by atoms with van der Waals surface area (Å²) in [4.78, 5) is 28.8. The van der Waals surface area contributed by atoms with E-state index in [1.165, 1.54) is 29.2 Å². The first-order valence-corrected chi connectivity index (χ1v) is 14.7. The van der Waals surface area contributed by atoms with Crippen molar-refractivity contribution in [2.45, 2.75) is 45.8 Å². The third-order valence-corrected chi connectivity index (χ3v) is 7.69. The molecule has 1 N–H and O–H groups in total. The number of carbonyl (C=O) groups excluding carboxylic acids is 2. The van der Waals surface area contributed by atoms with Crippen molar-refractivity contribution in [1.29, 1.82) is 0 Å². The first kappa shape index (κ1) is 30.1. The Morgan fingerprint density at radius 1 is 0.949 bits per heavy atom. The first-order chi connectivity index (χ1) is 18.4. The third kappa shape index (κ3) is 8.28. The number of amides is 2. The molecule has 1 atom stereocenters. The second-order valence-corrected chi connectivity index (χ2v) is 12.0. The van der Waals surface area contributed by atoms with Gasteiger partial charge in [0.2, 0.25) is 21.8 Å². The second kappa shape index (κ2) is 13.1. The van der Waals surface area contributed by atoms with E-state index in [9.17, 15) is 22.4 Å². The number of benzene rings is 3. The van der Waals surface area contributed by atoms with E-state index >= 15 is 0 Å². The lowest BCUT2D eigenvalue weighted by atomic mass is 10.0. The van der Waals surface area contributed by atoms with Crippen molar-refractivity contribution in [3.63, 3.8) is 0 Å². The Labute approximate surface area is 234 Å². The van der Waals surface area contributed by atoms with E-state index in [1.54, 1.807) is 25.1 Å². The average Bonchev–Trinajstić information content (AvgIpc) is 2.87. The summed E-state index contributed by atoms with van der Waals surface area (Å²) in [6.07, 6.45) is 1.21. The Kier molecular flexibility index (Phi) is 10.1. The van der Waals surface area contributed by atoms with E-state index in [-0.39, 0.29) is 30.6 Å². The Bertz CT molecular complexity index is 1400. The van der Waals surface area contributed by atoms with Gasteiger partial charge in [0.05, 0.1) is 11.9 Å². The maximum Gasteiger partial charge on any atom is 0.244 e. The molecule has 3 aromatic carbocycles. The van der Waals surface area contributed by atoms with Gasteiger partial charge in [0.1, 0.15) is 18.4 Å². The molecule has 0 bridgehead atoms. The molecule has 7 nitrogen and oxygen atoms in total. The lowest BCUT2D eigenvalue weighted by Gasteiger charge is -2.34. The van der Waals surface area contributed by atoms with Crippen molar-refractivity contribution in [2.75, 3.05) is 17.1 Å². The number of anilines is 1. The van der Waals surface area contributed by atoms with E-state index in [0.29, 0.717) is 16.1 Å². The summed E-state index contributed by atoms with van der Waals surface area (Å²) in [7, 11) is -3.91. The first-order valence-electron chi connectivity index (χ1n) is 12.5. The minimum absolute atomic E-state index is 0.0335. The van der Waals surface area contributed by atoms with Gasteiger partial charge in [-0.05, 0) is 61.7 Å². The van der Waals surface area contributed by atoms with Crippen LogP contribution in [0.1, 0.15) is 30.5 Å². The van der Waals surface area contributed by atoms with Gasteiger partial charge in [-0.2, -0.15) is 0 Å². The molecule has 208 valence electrons. The van der Waals surface area contributed by atoms with Crippen molar-refractivity contribution in [1.82, 2.24) is 10.2 Å². The van der Waals surface area contributed by atoms with Gasteiger partial charge < -0.3 is 10.2 Å². The van der Waals surface area contributed by atoms with Crippen LogP contribution < -0.4 is 9.62 Å². The number of nitrogens with one attached hydrogen (secondary N) is 1. The second-order valence-electron chi connectivity index (χ2n) is 9.67. The Hall–Kier alpha value is -3.43. The Morgan fingerprint density at radius 3 is 2.18 bits per heavy atom. The molecule has 0 aliphatic rings. The van der Waals surface area contributed by atoms with E-state index in [2.05, 4.69) is 5.32 Å². The lowest BCUT2D eigenvalue weighted by molar-refractivity contribution is -0.140. The van der Waals surface area contributed by atoms with Gasteiger partial charge in [-0.15, -0.1) is 0 Å². The highest BCUT2D eigenvalue weighted by Gasteiger charge is 2.33. The van der Waals surface area contributed by atoms with Crippen LogP contribution in [-0.2, 0) is 32.6 Å². The average molecular weight is 574 g/mol. The fraction of sp³-hybridized carbons (Fsp3) is 0.310. The van der Waals surface area contributed by atoms with Crippen molar-refractivity contribution in [2.24, 2.45) is 0 Å². The standard InChI is InChI=1S/C29H33ClFN3O4S/c1-20(2)32-29(36)27(17-22-9-6-5-7-10-22)33(18-23-13-15-24(31)16-14-23)28(35)19-34(39(4,37)38)26-12-8-11-25(30)21(26)3/h5-16,20,27H,17-19H2,1-4H3,(H,32,36)/t27-/m1/s1. The summed E-state index contributed by atoms with van der Waals surface area (Å²) in [6.45, 7) is 4.72. The Balaban J connectivity index is 2.07. The van der Waals surface area contributed by atoms with Crippen LogP contribution in [0.2, 0.25) is 5.02 Å². The zero-order chi connectivity index (χ0) is 28.7. The molecule has 0 radical (unpaired) electrons. The van der Waals surface area contributed by atoms with Gasteiger partial charge in [0.25, 0.3) is 0 Å². The summed E-state index contributed by atoms with van der Waals surface area (Å²) < 4.78 is 40.4. The largest absolute Gasteiger partial charge is 0.352 e. The summed E-state index contributed by atoms with van der Waals surface area (Å²) in [5.41, 5.74) is 2.18.